The van der Waals surface area contributed by atoms with Gasteiger partial charge in [0.1, 0.15) is 0 Å². The molecule has 0 aliphatic rings. The first-order valence-corrected chi connectivity index (χ1v) is 8.04. The van der Waals surface area contributed by atoms with Gasteiger partial charge >= 0.3 is 6.16 Å². The van der Waals surface area contributed by atoms with Crippen LogP contribution in [0.5, 0.6) is 23.0 Å². The van der Waals surface area contributed by atoms with E-state index < -0.39 is 6.16 Å². The highest BCUT2D eigenvalue weighted by Gasteiger charge is 2.20. The van der Waals surface area contributed by atoms with Crippen molar-refractivity contribution in [2.45, 2.75) is 27.7 Å². The molecule has 0 bridgehead atoms. The molecule has 5 nitrogen and oxygen atoms in total. The standard InChI is InChI=1S/C21H22O5/c1-7-23-17-11-9-13(3)15(5)19(17)25-21(22)26-20-16(6)14(4)10-12-18(20)24-8-2/h7-12H,1-2H2,3-6H3. The predicted molar refractivity (Wildman–Crippen MR) is 100 cm³/mol. The van der Waals surface area contributed by atoms with Gasteiger partial charge in [-0.05, 0) is 62.1 Å². The van der Waals surface area contributed by atoms with Crippen LogP contribution in [0.25, 0.3) is 0 Å². The normalized spacial score (nSPS) is 10.0. The van der Waals surface area contributed by atoms with E-state index in [2.05, 4.69) is 13.2 Å². The van der Waals surface area contributed by atoms with E-state index in [0.717, 1.165) is 22.3 Å². The third-order valence-electron chi connectivity index (χ3n) is 4.07. The van der Waals surface area contributed by atoms with E-state index in [4.69, 9.17) is 18.9 Å². The van der Waals surface area contributed by atoms with Crippen molar-refractivity contribution in [1.82, 2.24) is 0 Å². The monoisotopic (exact) mass is 354 g/mol. The summed E-state index contributed by atoms with van der Waals surface area (Å²) in [5, 5.41) is 0. The Morgan fingerprint density at radius 2 is 1.15 bits per heavy atom. The highest BCUT2D eigenvalue weighted by molar-refractivity contribution is 5.71. The summed E-state index contributed by atoms with van der Waals surface area (Å²) in [5.41, 5.74) is 3.44. The van der Waals surface area contributed by atoms with Gasteiger partial charge in [0.05, 0.1) is 12.5 Å². The van der Waals surface area contributed by atoms with Crippen molar-refractivity contribution in [2.75, 3.05) is 0 Å². The van der Waals surface area contributed by atoms with Gasteiger partial charge in [-0.25, -0.2) is 4.79 Å². The van der Waals surface area contributed by atoms with Crippen LogP contribution in [0.2, 0.25) is 0 Å². The van der Waals surface area contributed by atoms with Crippen LogP contribution in [0.3, 0.4) is 0 Å². The van der Waals surface area contributed by atoms with Gasteiger partial charge < -0.3 is 18.9 Å². The smallest absolute Gasteiger partial charge is 0.462 e. The van der Waals surface area contributed by atoms with Gasteiger partial charge in [0.25, 0.3) is 0 Å². The lowest BCUT2D eigenvalue weighted by Crippen LogP contribution is -2.16. The second-order valence-corrected chi connectivity index (χ2v) is 5.69. The predicted octanol–water partition coefficient (Wildman–Crippen LogP) is 5.54. The molecule has 0 saturated heterocycles. The fourth-order valence-electron chi connectivity index (χ4n) is 2.34. The molecule has 26 heavy (non-hydrogen) atoms. The lowest BCUT2D eigenvalue weighted by Gasteiger charge is -2.16. The lowest BCUT2D eigenvalue weighted by molar-refractivity contribution is 0.148. The summed E-state index contributed by atoms with van der Waals surface area (Å²) in [6, 6.07) is 7.15. The number of carbonyl (C=O) groups is 1. The van der Waals surface area contributed by atoms with Crippen LogP contribution in [0, 0.1) is 27.7 Å². The zero-order chi connectivity index (χ0) is 19.3. The van der Waals surface area contributed by atoms with E-state index >= 15 is 0 Å². The maximum absolute atomic E-state index is 12.4. The van der Waals surface area contributed by atoms with Gasteiger partial charge in [-0.15, -0.1) is 0 Å². The Bertz CT molecular complexity index is 782. The maximum atomic E-state index is 12.4. The summed E-state index contributed by atoms with van der Waals surface area (Å²) in [6.45, 7) is 14.5. The zero-order valence-corrected chi connectivity index (χ0v) is 15.4. The summed E-state index contributed by atoms with van der Waals surface area (Å²) in [4.78, 5) is 12.4. The van der Waals surface area contributed by atoms with Gasteiger partial charge in [-0.3, -0.25) is 0 Å². The number of rotatable bonds is 6. The van der Waals surface area contributed by atoms with E-state index in [0.29, 0.717) is 11.5 Å². The van der Waals surface area contributed by atoms with Crippen LogP contribution in [0.1, 0.15) is 22.3 Å². The molecule has 0 aliphatic heterocycles. The molecule has 2 aromatic rings. The summed E-state index contributed by atoms with van der Waals surface area (Å²) in [7, 11) is 0. The van der Waals surface area contributed by atoms with Gasteiger partial charge in [-0.2, -0.15) is 0 Å². The number of aryl methyl sites for hydroxylation is 2. The molecule has 0 aromatic heterocycles. The van der Waals surface area contributed by atoms with Crippen LogP contribution in [-0.4, -0.2) is 6.16 Å². The highest BCUT2D eigenvalue weighted by Crippen LogP contribution is 2.36. The molecule has 136 valence electrons. The summed E-state index contributed by atoms with van der Waals surface area (Å²) < 4.78 is 21.5. The van der Waals surface area contributed by atoms with Crippen LogP contribution in [0.4, 0.5) is 4.79 Å². The molecule has 0 heterocycles. The molecule has 0 saturated carbocycles. The van der Waals surface area contributed by atoms with Gasteiger partial charge in [0.2, 0.25) is 0 Å². The molecular formula is C21H22O5. The molecule has 5 heteroatoms. The van der Waals surface area contributed by atoms with Gasteiger partial charge in [-0.1, -0.05) is 25.3 Å². The molecule has 2 aromatic carbocycles. The molecule has 0 radical (unpaired) electrons. The van der Waals surface area contributed by atoms with Crippen molar-refractivity contribution in [3.8, 4) is 23.0 Å². The largest absolute Gasteiger partial charge is 0.519 e. The van der Waals surface area contributed by atoms with Gasteiger partial charge in [0.15, 0.2) is 23.0 Å². The number of hydrogen-bond donors (Lipinski definition) is 0. The summed E-state index contributed by atoms with van der Waals surface area (Å²) in [5.74, 6) is 1.32. The first kappa shape index (κ1) is 19.1. The van der Waals surface area contributed by atoms with E-state index in [1.807, 2.05) is 39.8 Å². The zero-order valence-electron chi connectivity index (χ0n) is 15.4. The molecule has 2 rings (SSSR count). The molecule has 0 unspecified atom stereocenters. The van der Waals surface area contributed by atoms with Crippen molar-refractivity contribution in [3.63, 3.8) is 0 Å². The van der Waals surface area contributed by atoms with E-state index in [1.165, 1.54) is 12.5 Å². The molecule has 0 spiro atoms. The SMILES string of the molecule is C=COc1ccc(C)c(C)c1OC(=O)Oc1c(OC=C)ccc(C)c1C. The Morgan fingerprint density at radius 1 is 0.769 bits per heavy atom. The first-order valence-electron chi connectivity index (χ1n) is 8.04. The van der Waals surface area contributed by atoms with Crippen LogP contribution in [-0.2, 0) is 0 Å². The molecule has 0 aliphatic carbocycles. The van der Waals surface area contributed by atoms with Crippen LogP contribution < -0.4 is 18.9 Å². The Labute approximate surface area is 153 Å². The topological polar surface area (TPSA) is 54.0 Å². The van der Waals surface area contributed by atoms with Crippen molar-refractivity contribution in [2.24, 2.45) is 0 Å². The fraction of sp³-hybridized carbons (Fsp3) is 0.190. The minimum Gasteiger partial charge on any atom is -0.462 e. The molecule has 0 N–H and O–H groups in total. The maximum Gasteiger partial charge on any atom is 0.519 e. The van der Waals surface area contributed by atoms with E-state index in [-0.39, 0.29) is 11.5 Å². The highest BCUT2D eigenvalue weighted by atomic mass is 16.7. The minimum absolute atomic E-state index is 0.284. The third kappa shape index (κ3) is 4.06. The van der Waals surface area contributed by atoms with Gasteiger partial charge in [0, 0.05) is 0 Å². The van der Waals surface area contributed by atoms with Crippen LogP contribution in [0.15, 0.2) is 49.9 Å². The lowest BCUT2D eigenvalue weighted by atomic mass is 10.1. The molecule has 0 fully saturated rings. The Kier molecular flexibility index (Phi) is 6.07. The summed E-state index contributed by atoms with van der Waals surface area (Å²) >= 11 is 0. The van der Waals surface area contributed by atoms with Crippen molar-refractivity contribution in [1.29, 1.82) is 0 Å². The van der Waals surface area contributed by atoms with Crippen molar-refractivity contribution < 1.29 is 23.7 Å². The number of benzene rings is 2. The Hall–Kier alpha value is -3.21. The average Bonchev–Trinajstić information content (AvgIpc) is 2.61. The number of hydrogen-bond acceptors (Lipinski definition) is 5. The van der Waals surface area contributed by atoms with Crippen molar-refractivity contribution in [3.05, 3.63) is 72.2 Å². The molecule has 0 amide bonds. The third-order valence-corrected chi connectivity index (χ3v) is 4.07. The Balaban J connectivity index is 2.33. The minimum atomic E-state index is -0.893. The molecular weight excluding hydrogens is 332 g/mol. The number of carbonyl (C=O) groups excluding carboxylic acids is 1. The molecule has 0 atom stereocenters. The second-order valence-electron chi connectivity index (χ2n) is 5.69. The average molecular weight is 354 g/mol. The van der Waals surface area contributed by atoms with E-state index in [9.17, 15) is 4.79 Å². The fourth-order valence-corrected chi connectivity index (χ4v) is 2.34. The van der Waals surface area contributed by atoms with Crippen molar-refractivity contribution >= 4 is 6.16 Å². The Morgan fingerprint density at radius 3 is 1.50 bits per heavy atom. The quantitative estimate of drug-likeness (QED) is 0.387. The van der Waals surface area contributed by atoms with E-state index in [1.54, 1.807) is 12.1 Å². The first-order chi connectivity index (χ1) is 12.4. The number of ether oxygens (including phenoxy) is 4. The second kappa shape index (κ2) is 8.25. The van der Waals surface area contributed by atoms with Crippen LogP contribution >= 0.6 is 0 Å². The summed E-state index contributed by atoms with van der Waals surface area (Å²) in [6.07, 6.45) is 1.64.